The Morgan fingerprint density at radius 1 is 1.25 bits per heavy atom. The van der Waals surface area contributed by atoms with Gasteiger partial charge in [-0.2, -0.15) is 0 Å². The van der Waals surface area contributed by atoms with Crippen LogP contribution in [0.25, 0.3) is 0 Å². The van der Waals surface area contributed by atoms with Crippen LogP contribution in [0.2, 0.25) is 0 Å². The highest BCUT2D eigenvalue weighted by atomic mass is 19.3. The predicted octanol–water partition coefficient (Wildman–Crippen LogP) is 2.49. The number of aliphatic hydroxyl groups is 1. The number of nitrogens with zero attached hydrogens (tertiary/aromatic N) is 1. The smallest absolute Gasteiger partial charge is 0.251 e. The van der Waals surface area contributed by atoms with E-state index in [-0.39, 0.29) is 13.2 Å². The van der Waals surface area contributed by atoms with Gasteiger partial charge in [-0.05, 0) is 31.7 Å². The molecule has 0 aliphatic heterocycles. The zero-order chi connectivity index (χ0) is 14.8. The molecular weight excluding hydrogens is 262 g/mol. The number of aliphatic hydroxyl groups excluding tert-OH is 1. The average molecular weight is 292 g/mol. The Morgan fingerprint density at radius 2 is 2.00 bits per heavy atom. The van der Waals surface area contributed by atoms with Crippen LogP contribution in [0.3, 0.4) is 0 Å². The van der Waals surface area contributed by atoms with E-state index in [1.165, 1.54) is 19.3 Å². The molecule has 0 aromatic carbocycles. The van der Waals surface area contributed by atoms with Gasteiger partial charge in [0.1, 0.15) is 0 Å². The zero-order valence-electron chi connectivity index (χ0n) is 12.7. The van der Waals surface area contributed by atoms with Crippen LogP contribution in [-0.4, -0.2) is 55.3 Å². The second kappa shape index (κ2) is 10.5. The summed E-state index contributed by atoms with van der Waals surface area (Å²) in [4.78, 5) is 1.72. The fourth-order valence-corrected chi connectivity index (χ4v) is 3.13. The van der Waals surface area contributed by atoms with Crippen LogP contribution in [0.4, 0.5) is 8.78 Å². The minimum atomic E-state index is -2.32. The number of hydrogen-bond acceptors (Lipinski definition) is 3. The lowest BCUT2D eigenvalue weighted by molar-refractivity contribution is 0.0647. The Kier molecular flexibility index (Phi) is 9.31. The minimum absolute atomic E-state index is 0.0491. The molecule has 5 heteroatoms. The summed E-state index contributed by atoms with van der Waals surface area (Å²) in [6, 6.07) is 0.441. The SMILES string of the molecule is CCCNC1CCCCCC1CN(CCO)CC(F)F. The molecule has 0 aromatic heterocycles. The van der Waals surface area contributed by atoms with E-state index in [4.69, 9.17) is 5.11 Å². The molecule has 0 bridgehead atoms. The van der Waals surface area contributed by atoms with Gasteiger partial charge in [-0.15, -0.1) is 0 Å². The van der Waals surface area contributed by atoms with E-state index >= 15 is 0 Å². The Labute approximate surface area is 121 Å². The first-order chi connectivity index (χ1) is 9.67. The van der Waals surface area contributed by atoms with Crippen molar-refractivity contribution in [3.63, 3.8) is 0 Å². The minimum Gasteiger partial charge on any atom is -0.395 e. The molecule has 0 aromatic rings. The van der Waals surface area contributed by atoms with E-state index in [1.807, 2.05) is 0 Å². The van der Waals surface area contributed by atoms with Crippen molar-refractivity contribution in [2.24, 2.45) is 5.92 Å². The van der Waals surface area contributed by atoms with Crippen LogP contribution in [0.1, 0.15) is 45.4 Å². The lowest BCUT2D eigenvalue weighted by Gasteiger charge is -2.31. The molecule has 1 aliphatic rings. The Hall–Kier alpha value is -0.260. The molecule has 0 heterocycles. The van der Waals surface area contributed by atoms with Gasteiger partial charge in [-0.1, -0.05) is 26.2 Å². The summed E-state index contributed by atoms with van der Waals surface area (Å²) < 4.78 is 25.2. The van der Waals surface area contributed by atoms with E-state index < -0.39 is 6.43 Å². The summed E-state index contributed by atoms with van der Waals surface area (Å²) in [5, 5.41) is 12.6. The third kappa shape index (κ3) is 6.95. The summed E-state index contributed by atoms with van der Waals surface area (Å²) in [6.07, 6.45) is 4.69. The van der Waals surface area contributed by atoms with Crippen molar-refractivity contribution in [1.29, 1.82) is 0 Å². The second-order valence-electron chi connectivity index (χ2n) is 5.83. The molecule has 0 amide bonds. The van der Waals surface area contributed by atoms with Crippen LogP contribution in [0, 0.1) is 5.92 Å². The zero-order valence-corrected chi connectivity index (χ0v) is 12.7. The Bertz CT molecular complexity index is 242. The molecule has 1 rings (SSSR count). The molecule has 1 aliphatic carbocycles. The molecule has 1 fully saturated rings. The lowest BCUT2D eigenvalue weighted by atomic mass is 9.94. The van der Waals surface area contributed by atoms with Crippen molar-refractivity contribution in [2.75, 3.05) is 32.8 Å². The van der Waals surface area contributed by atoms with Crippen LogP contribution < -0.4 is 5.32 Å². The molecule has 0 radical (unpaired) electrons. The van der Waals surface area contributed by atoms with Crippen LogP contribution in [0.5, 0.6) is 0 Å². The molecule has 20 heavy (non-hydrogen) atoms. The summed E-state index contributed by atoms with van der Waals surface area (Å²) in [5.41, 5.74) is 0. The van der Waals surface area contributed by atoms with Gasteiger partial charge >= 0.3 is 0 Å². The molecular formula is C15H30F2N2O. The maximum Gasteiger partial charge on any atom is 0.251 e. The van der Waals surface area contributed by atoms with E-state index in [0.29, 0.717) is 25.0 Å². The second-order valence-corrected chi connectivity index (χ2v) is 5.83. The van der Waals surface area contributed by atoms with Gasteiger partial charge in [-0.3, -0.25) is 4.90 Å². The molecule has 120 valence electrons. The Balaban J connectivity index is 2.55. The summed E-state index contributed by atoms with van der Waals surface area (Å²) >= 11 is 0. The molecule has 0 spiro atoms. The number of rotatable bonds is 9. The molecule has 1 saturated carbocycles. The molecule has 2 atom stereocenters. The van der Waals surface area contributed by atoms with Gasteiger partial charge in [0.15, 0.2) is 0 Å². The van der Waals surface area contributed by atoms with Crippen molar-refractivity contribution >= 4 is 0 Å². The van der Waals surface area contributed by atoms with E-state index in [9.17, 15) is 8.78 Å². The molecule has 3 nitrogen and oxygen atoms in total. The molecule has 2 N–H and O–H groups in total. The predicted molar refractivity (Wildman–Crippen MR) is 78.2 cm³/mol. The fraction of sp³-hybridized carbons (Fsp3) is 1.00. The summed E-state index contributed by atoms with van der Waals surface area (Å²) in [5.74, 6) is 0.425. The first-order valence-electron chi connectivity index (χ1n) is 8.02. The summed E-state index contributed by atoms with van der Waals surface area (Å²) in [6.45, 7) is 3.89. The highest BCUT2D eigenvalue weighted by Gasteiger charge is 2.26. The van der Waals surface area contributed by atoms with Crippen LogP contribution >= 0.6 is 0 Å². The number of hydrogen-bond donors (Lipinski definition) is 2. The van der Waals surface area contributed by atoms with E-state index in [2.05, 4.69) is 12.2 Å². The highest BCUT2D eigenvalue weighted by Crippen LogP contribution is 2.24. The summed E-state index contributed by atoms with van der Waals surface area (Å²) in [7, 11) is 0. The standard InChI is InChI=1S/C15H30F2N2O/c1-2-8-18-14-7-5-3-4-6-13(14)11-19(9-10-20)12-15(16)17/h13-15,18,20H,2-12H2,1H3. The third-order valence-electron chi connectivity index (χ3n) is 4.12. The first kappa shape index (κ1) is 17.8. The van der Waals surface area contributed by atoms with Crippen molar-refractivity contribution < 1.29 is 13.9 Å². The van der Waals surface area contributed by atoms with Crippen LogP contribution in [0.15, 0.2) is 0 Å². The number of halogens is 2. The van der Waals surface area contributed by atoms with Crippen molar-refractivity contribution in [2.45, 2.75) is 57.9 Å². The Morgan fingerprint density at radius 3 is 2.65 bits per heavy atom. The lowest BCUT2D eigenvalue weighted by Crippen LogP contribution is -2.44. The van der Waals surface area contributed by atoms with Crippen LogP contribution in [-0.2, 0) is 0 Å². The molecule has 0 saturated heterocycles. The van der Waals surface area contributed by atoms with Gasteiger partial charge in [-0.25, -0.2) is 8.78 Å². The highest BCUT2D eigenvalue weighted by molar-refractivity contribution is 4.82. The number of alkyl halides is 2. The monoisotopic (exact) mass is 292 g/mol. The largest absolute Gasteiger partial charge is 0.395 e. The maximum atomic E-state index is 12.6. The molecule has 2 unspecified atom stereocenters. The topological polar surface area (TPSA) is 35.5 Å². The van der Waals surface area contributed by atoms with Gasteiger partial charge in [0.05, 0.1) is 13.2 Å². The number of nitrogens with one attached hydrogen (secondary N) is 1. The average Bonchev–Trinajstić information content (AvgIpc) is 2.61. The van der Waals surface area contributed by atoms with Gasteiger partial charge in [0, 0.05) is 19.1 Å². The first-order valence-corrected chi connectivity index (χ1v) is 8.02. The van der Waals surface area contributed by atoms with Crippen molar-refractivity contribution in [3.8, 4) is 0 Å². The van der Waals surface area contributed by atoms with E-state index in [1.54, 1.807) is 4.90 Å². The van der Waals surface area contributed by atoms with Gasteiger partial charge in [0.2, 0.25) is 0 Å². The van der Waals surface area contributed by atoms with Gasteiger partial charge in [0.25, 0.3) is 6.43 Å². The normalized spacial score (nSPS) is 24.3. The van der Waals surface area contributed by atoms with Gasteiger partial charge < -0.3 is 10.4 Å². The fourth-order valence-electron chi connectivity index (χ4n) is 3.13. The third-order valence-corrected chi connectivity index (χ3v) is 4.12. The maximum absolute atomic E-state index is 12.6. The van der Waals surface area contributed by atoms with Crippen molar-refractivity contribution in [1.82, 2.24) is 10.2 Å². The van der Waals surface area contributed by atoms with Crippen molar-refractivity contribution in [3.05, 3.63) is 0 Å². The van der Waals surface area contributed by atoms with E-state index in [0.717, 1.165) is 25.8 Å². The quantitative estimate of drug-likeness (QED) is 0.641.